The van der Waals surface area contributed by atoms with Crippen LogP contribution in [0.2, 0.25) is 0 Å². The summed E-state index contributed by atoms with van der Waals surface area (Å²) >= 11 is 0. The molecule has 2 bridgehead atoms. The number of hydrogen-bond acceptors (Lipinski definition) is 2. The van der Waals surface area contributed by atoms with E-state index in [4.69, 9.17) is 9.84 Å². The second-order valence-corrected chi connectivity index (χ2v) is 4.85. The first-order valence-electron chi connectivity index (χ1n) is 5.91. The van der Waals surface area contributed by atoms with Crippen LogP contribution in [0.15, 0.2) is 36.4 Å². The number of benzene rings is 1. The molecule has 2 heteroatoms. The SMILES string of the molecule is Oc1ccc(OCC2CC3C=CC2C3)cc1. The lowest BCUT2D eigenvalue weighted by atomic mass is 9.95. The smallest absolute Gasteiger partial charge is 0.119 e. The molecule has 3 rings (SSSR count). The van der Waals surface area contributed by atoms with Crippen molar-refractivity contribution >= 4 is 0 Å². The minimum Gasteiger partial charge on any atom is -0.508 e. The molecule has 2 aliphatic rings. The van der Waals surface area contributed by atoms with Crippen LogP contribution >= 0.6 is 0 Å². The molecule has 1 aromatic carbocycles. The predicted molar refractivity (Wildman–Crippen MR) is 62.4 cm³/mol. The summed E-state index contributed by atoms with van der Waals surface area (Å²) in [5.41, 5.74) is 0. The molecule has 0 heterocycles. The van der Waals surface area contributed by atoms with Crippen molar-refractivity contribution in [3.05, 3.63) is 36.4 Å². The van der Waals surface area contributed by atoms with Crippen molar-refractivity contribution < 1.29 is 9.84 Å². The van der Waals surface area contributed by atoms with E-state index in [1.54, 1.807) is 12.1 Å². The Morgan fingerprint density at radius 1 is 1.12 bits per heavy atom. The fourth-order valence-corrected chi connectivity index (χ4v) is 2.83. The molecular formula is C14H16O2. The minimum absolute atomic E-state index is 0.287. The number of aromatic hydroxyl groups is 1. The maximum Gasteiger partial charge on any atom is 0.119 e. The number of phenols is 1. The van der Waals surface area contributed by atoms with Crippen LogP contribution in [0.5, 0.6) is 11.5 Å². The van der Waals surface area contributed by atoms with Gasteiger partial charge in [-0.2, -0.15) is 0 Å². The molecule has 84 valence electrons. The third kappa shape index (κ3) is 1.80. The van der Waals surface area contributed by atoms with Crippen molar-refractivity contribution in [2.24, 2.45) is 17.8 Å². The summed E-state index contributed by atoms with van der Waals surface area (Å²) in [7, 11) is 0. The van der Waals surface area contributed by atoms with Gasteiger partial charge in [0.05, 0.1) is 6.61 Å². The molecule has 1 N–H and O–H groups in total. The van der Waals surface area contributed by atoms with E-state index in [2.05, 4.69) is 12.2 Å². The molecule has 16 heavy (non-hydrogen) atoms. The van der Waals surface area contributed by atoms with Crippen molar-refractivity contribution in [1.82, 2.24) is 0 Å². The zero-order valence-corrected chi connectivity index (χ0v) is 9.17. The van der Waals surface area contributed by atoms with Crippen LogP contribution in [0.4, 0.5) is 0 Å². The molecular weight excluding hydrogens is 200 g/mol. The molecule has 0 aliphatic heterocycles. The van der Waals surface area contributed by atoms with E-state index in [9.17, 15) is 0 Å². The van der Waals surface area contributed by atoms with Crippen LogP contribution in [-0.4, -0.2) is 11.7 Å². The topological polar surface area (TPSA) is 29.5 Å². The van der Waals surface area contributed by atoms with Gasteiger partial charge in [0, 0.05) is 0 Å². The fraction of sp³-hybridized carbons (Fsp3) is 0.429. The van der Waals surface area contributed by atoms with Gasteiger partial charge in [-0.05, 0) is 54.9 Å². The van der Waals surface area contributed by atoms with Crippen LogP contribution in [0.3, 0.4) is 0 Å². The normalized spacial score (nSPS) is 30.9. The Balaban J connectivity index is 1.57. The van der Waals surface area contributed by atoms with E-state index in [-0.39, 0.29) is 5.75 Å². The molecule has 0 radical (unpaired) electrons. The highest BCUT2D eigenvalue weighted by Crippen LogP contribution is 2.43. The van der Waals surface area contributed by atoms with Gasteiger partial charge in [0.1, 0.15) is 11.5 Å². The summed E-state index contributed by atoms with van der Waals surface area (Å²) in [5, 5.41) is 9.16. The maximum atomic E-state index is 9.16. The summed E-state index contributed by atoms with van der Waals surface area (Å²) in [5.74, 6) is 3.36. The number of hydrogen-bond donors (Lipinski definition) is 1. The van der Waals surface area contributed by atoms with Crippen molar-refractivity contribution in [2.45, 2.75) is 12.8 Å². The van der Waals surface area contributed by atoms with Gasteiger partial charge in [0.15, 0.2) is 0 Å². The first-order chi connectivity index (χ1) is 7.81. The third-order valence-corrected chi connectivity index (χ3v) is 3.72. The Kier molecular flexibility index (Phi) is 2.35. The number of ether oxygens (including phenoxy) is 1. The van der Waals surface area contributed by atoms with Crippen LogP contribution in [0.25, 0.3) is 0 Å². The average Bonchev–Trinajstić information content (AvgIpc) is 2.90. The molecule has 2 aliphatic carbocycles. The zero-order chi connectivity index (χ0) is 11.0. The highest BCUT2D eigenvalue weighted by Gasteiger charge is 2.35. The largest absolute Gasteiger partial charge is 0.508 e. The second kappa shape index (κ2) is 3.85. The summed E-state index contributed by atoms with van der Waals surface area (Å²) < 4.78 is 5.75. The van der Waals surface area contributed by atoms with Gasteiger partial charge >= 0.3 is 0 Å². The summed E-state index contributed by atoms with van der Waals surface area (Å²) in [6.45, 7) is 0.802. The number of fused-ring (bicyclic) bond motifs is 2. The maximum absolute atomic E-state index is 9.16. The predicted octanol–water partition coefficient (Wildman–Crippen LogP) is 2.98. The van der Waals surface area contributed by atoms with Crippen molar-refractivity contribution in [3.8, 4) is 11.5 Å². The monoisotopic (exact) mass is 216 g/mol. The average molecular weight is 216 g/mol. The van der Waals surface area contributed by atoms with E-state index in [1.165, 1.54) is 12.8 Å². The molecule has 1 fully saturated rings. The van der Waals surface area contributed by atoms with Crippen LogP contribution in [0.1, 0.15) is 12.8 Å². The molecule has 0 saturated heterocycles. The van der Waals surface area contributed by atoms with Gasteiger partial charge in [-0.1, -0.05) is 12.2 Å². The molecule has 1 saturated carbocycles. The molecule has 1 aromatic rings. The fourth-order valence-electron chi connectivity index (χ4n) is 2.83. The standard InChI is InChI=1S/C14H16O2/c15-13-3-5-14(6-4-13)16-9-12-8-10-1-2-11(12)7-10/h1-6,10-12,15H,7-9H2. The van der Waals surface area contributed by atoms with E-state index in [1.807, 2.05) is 12.1 Å². The van der Waals surface area contributed by atoms with Gasteiger partial charge in [0.25, 0.3) is 0 Å². The number of allylic oxidation sites excluding steroid dienone is 2. The Morgan fingerprint density at radius 2 is 1.94 bits per heavy atom. The van der Waals surface area contributed by atoms with Crippen molar-refractivity contribution in [2.75, 3.05) is 6.61 Å². The third-order valence-electron chi connectivity index (χ3n) is 3.72. The minimum atomic E-state index is 0.287. The highest BCUT2D eigenvalue weighted by atomic mass is 16.5. The summed E-state index contributed by atoms with van der Waals surface area (Å²) in [4.78, 5) is 0. The highest BCUT2D eigenvalue weighted by molar-refractivity contribution is 5.30. The number of phenolic OH excluding ortho intramolecular Hbond substituents is 1. The van der Waals surface area contributed by atoms with Crippen molar-refractivity contribution in [3.63, 3.8) is 0 Å². The molecule has 0 amide bonds. The Hall–Kier alpha value is -1.44. The number of rotatable bonds is 3. The first kappa shape index (κ1) is 9.76. The quantitative estimate of drug-likeness (QED) is 0.787. The van der Waals surface area contributed by atoms with Gasteiger partial charge < -0.3 is 9.84 Å². The van der Waals surface area contributed by atoms with Crippen LogP contribution in [-0.2, 0) is 0 Å². The molecule has 3 atom stereocenters. The molecule has 0 aromatic heterocycles. The van der Waals surface area contributed by atoms with Gasteiger partial charge in [-0.15, -0.1) is 0 Å². The Morgan fingerprint density at radius 3 is 2.56 bits per heavy atom. The van der Waals surface area contributed by atoms with E-state index in [0.717, 1.165) is 24.2 Å². The van der Waals surface area contributed by atoms with E-state index >= 15 is 0 Å². The zero-order valence-electron chi connectivity index (χ0n) is 9.17. The lowest BCUT2D eigenvalue weighted by molar-refractivity contribution is 0.227. The Bertz CT molecular complexity index is 394. The van der Waals surface area contributed by atoms with Gasteiger partial charge in [-0.3, -0.25) is 0 Å². The van der Waals surface area contributed by atoms with Gasteiger partial charge in [-0.25, -0.2) is 0 Å². The van der Waals surface area contributed by atoms with E-state index in [0.29, 0.717) is 5.92 Å². The van der Waals surface area contributed by atoms with E-state index < -0.39 is 0 Å². The van der Waals surface area contributed by atoms with Crippen LogP contribution < -0.4 is 4.74 Å². The Labute approximate surface area is 95.6 Å². The van der Waals surface area contributed by atoms with Crippen molar-refractivity contribution in [1.29, 1.82) is 0 Å². The lowest BCUT2D eigenvalue weighted by Crippen LogP contribution is -2.16. The molecule has 3 unspecified atom stereocenters. The summed E-state index contributed by atoms with van der Waals surface area (Å²) in [6, 6.07) is 6.96. The molecule has 0 spiro atoms. The summed E-state index contributed by atoms with van der Waals surface area (Å²) in [6.07, 6.45) is 7.30. The second-order valence-electron chi connectivity index (χ2n) is 4.85. The van der Waals surface area contributed by atoms with Crippen LogP contribution in [0, 0.1) is 17.8 Å². The van der Waals surface area contributed by atoms with Gasteiger partial charge in [0.2, 0.25) is 0 Å². The molecule has 2 nitrogen and oxygen atoms in total. The lowest BCUT2D eigenvalue weighted by Gasteiger charge is -2.18. The first-order valence-corrected chi connectivity index (χ1v) is 5.91.